The Morgan fingerprint density at radius 3 is 2.83 bits per heavy atom. The third kappa shape index (κ3) is 4.13. The number of hydrogen-bond donors (Lipinski definition) is 1. The highest BCUT2D eigenvalue weighted by Crippen LogP contribution is 2.26. The molecule has 4 heteroatoms. The number of ether oxygens (including phenoxy) is 1. The molecule has 1 amide bonds. The number of benzene rings is 1. The van der Waals surface area contributed by atoms with Crippen molar-refractivity contribution in [3.05, 3.63) is 59.4 Å². The zero-order valence-corrected chi connectivity index (χ0v) is 14.1. The maximum atomic E-state index is 12.4. The second-order valence-corrected chi connectivity index (χ2v) is 6.23. The summed E-state index contributed by atoms with van der Waals surface area (Å²) >= 11 is 0. The first kappa shape index (κ1) is 16.5. The Kier molecular flexibility index (Phi) is 5.47. The summed E-state index contributed by atoms with van der Waals surface area (Å²) in [4.78, 5) is 16.4. The summed E-state index contributed by atoms with van der Waals surface area (Å²) in [5.41, 5.74) is 3.77. The summed E-state index contributed by atoms with van der Waals surface area (Å²) in [7, 11) is 0. The van der Waals surface area contributed by atoms with Crippen LogP contribution in [0.15, 0.2) is 42.7 Å². The Balaban J connectivity index is 1.60. The van der Waals surface area contributed by atoms with Gasteiger partial charge >= 0.3 is 0 Å². The summed E-state index contributed by atoms with van der Waals surface area (Å²) in [6.45, 7) is 2.43. The van der Waals surface area contributed by atoms with Crippen LogP contribution < -0.4 is 10.1 Å². The summed E-state index contributed by atoms with van der Waals surface area (Å²) in [5.74, 6) is 0.707. The van der Waals surface area contributed by atoms with Gasteiger partial charge in [0.05, 0.1) is 0 Å². The van der Waals surface area contributed by atoms with Gasteiger partial charge in [0.1, 0.15) is 5.75 Å². The standard InChI is InChI=1S/C20H24N2O2/c1-2-19(20(23)22-14-15-6-5-11-21-13-15)24-18-10-9-16-7-3-4-8-17(16)12-18/h5-6,9-13,19H,2-4,7-8,14H2,1H3,(H,22,23)/t19-/m0/s1. The molecule has 0 aliphatic heterocycles. The van der Waals surface area contributed by atoms with E-state index in [1.165, 1.54) is 24.0 Å². The van der Waals surface area contributed by atoms with Crippen LogP contribution in [-0.2, 0) is 24.2 Å². The van der Waals surface area contributed by atoms with Crippen LogP contribution in [0.2, 0.25) is 0 Å². The van der Waals surface area contributed by atoms with Gasteiger partial charge in [0.15, 0.2) is 6.10 Å². The normalized spacial score (nSPS) is 14.5. The maximum Gasteiger partial charge on any atom is 0.261 e. The molecular weight excluding hydrogens is 300 g/mol. The van der Waals surface area contributed by atoms with E-state index >= 15 is 0 Å². The fourth-order valence-electron chi connectivity index (χ4n) is 3.08. The van der Waals surface area contributed by atoms with Crippen molar-refractivity contribution in [1.29, 1.82) is 0 Å². The van der Waals surface area contributed by atoms with Gasteiger partial charge in [-0.25, -0.2) is 0 Å². The fourth-order valence-corrected chi connectivity index (χ4v) is 3.08. The Bertz CT molecular complexity index is 685. The van der Waals surface area contributed by atoms with Crippen molar-refractivity contribution >= 4 is 5.91 Å². The smallest absolute Gasteiger partial charge is 0.261 e. The average Bonchev–Trinajstić information content (AvgIpc) is 2.65. The minimum Gasteiger partial charge on any atom is -0.481 e. The van der Waals surface area contributed by atoms with Crippen LogP contribution in [0.4, 0.5) is 0 Å². The quantitative estimate of drug-likeness (QED) is 0.885. The molecular formula is C20H24N2O2. The Hall–Kier alpha value is -2.36. The molecule has 0 unspecified atom stereocenters. The van der Waals surface area contributed by atoms with E-state index in [4.69, 9.17) is 4.74 Å². The third-order valence-corrected chi connectivity index (χ3v) is 4.45. The van der Waals surface area contributed by atoms with Crippen molar-refractivity contribution in [2.45, 2.75) is 51.7 Å². The van der Waals surface area contributed by atoms with Crippen molar-refractivity contribution in [2.75, 3.05) is 0 Å². The number of carbonyl (C=O) groups is 1. The molecule has 24 heavy (non-hydrogen) atoms. The van der Waals surface area contributed by atoms with Gasteiger partial charge in [-0.3, -0.25) is 9.78 Å². The van der Waals surface area contributed by atoms with E-state index in [2.05, 4.69) is 22.4 Å². The van der Waals surface area contributed by atoms with Gasteiger partial charge < -0.3 is 10.1 Å². The van der Waals surface area contributed by atoms with E-state index in [-0.39, 0.29) is 5.91 Å². The van der Waals surface area contributed by atoms with Crippen LogP contribution in [0.5, 0.6) is 5.75 Å². The Labute approximate surface area is 143 Å². The second kappa shape index (κ2) is 7.95. The highest BCUT2D eigenvalue weighted by Gasteiger charge is 2.19. The molecule has 1 aliphatic carbocycles. The lowest BCUT2D eigenvalue weighted by atomic mass is 9.92. The van der Waals surface area contributed by atoms with Gasteiger partial charge in [-0.1, -0.05) is 19.1 Å². The van der Waals surface area contributed by atoms with Gasteiger partial charge in [0, 0.05) is 18.9 Å². The third-order valence-electron chi connectivity index (χ3n) is 4.45. The molecule has 3 rings (SSSR count). The molecule has 1 aliphatic rings. The van der Waals surface area contributed by atoms with E-state index in [1.54, 1.807) is 12.4 Å². The van der Waals surface area contributed by atoms with Crippen LogP contribution in [0.3, 0.4) is 0 Å². The highest BCUT2D eigenvalue weighted by atomic mass is 16.5. The number of nitrogens with zero attached hydrogens (tertiary/aromatic N) is 1. The zero-order valence-electron chi connectivity index (χ0n) is 14.1. The Morgan fingerprint density at radius 1 is 1.25 bits per heavy atom. The van der Waals surface area contributed by atoms with Crippen LogP contribution in [0.25, 0.3) is 0 Å². The van der Waals surface area contributed by atoms with Crippen molar-refractivity contribution in [2.24, 2.45) is 0 Å². The molecule has 4 nitrogen and oxygen atoms in total. The summed E-state index contributed by atoms with van der Waals surface area (Å²) < 4.78 is 5.95. The number of hydrogen-bond acceptors (Lipinski definition) is 3. The van der Waals surface area contributed by atoms with Gasteiger partial charge in [-0.2, -0.15) is 0 Å². The highest BCUT2D eigenvalue weighted by molar-refractivity contribution is 5.81. The number of fused-ring (bicyclic) bond motifs is 1. The minimum absolute atomic E-state index is 0.0842. The molecule has 1 heterocycles. The zero-order chi connectivity index (χ0) is 16.8. The number of pyridine rings is 1. The van der Waals surface area contributed by atoms with Crippen LogP contribution in [0.1, 0.15) is 42.9 Å². The molecule has 1 atom stereocenters. The van der Waals surface area contributed by atoms with Crippen molar-refractivity contribution in [3.63, 3.8) is 0 Å². The first-order chi connectivity index (χ1) is 11.8. The Morgan fingerprint density at radius 2 is 2.08 bits per heavy atom. The molecule has 0 spiro atoms. The van der Waals surface area contributed by atoms with Crippen molar-refractivity contribution in [1.82, 2.24) is 10.3 Å². The number of amides is 1. The molecule has 0 fully saturated rings. The lowest BCUT2D eigenvalue weighted by Gasteiger charge is -2.20. The van der Waals surface area contributed by atoms with Gasteiger partial charge in [-0.15, -0.1) is 0 Å². The number of rotatable bonds is 6. The SMILES string of the molecule is CC[C@H](Oc1ccc2c(c1)CCCC2)C(=O)NCc1cccnc1. The molecule has 0 radical (unpaired) electrons. The van der Waals surface area contributed by atoms with E-state index in [9.17, 15) is 4.79 Å². The molecule has 2 aromatic rings. The topological polar surface area (TPSA) is 51.2 Å². The van der Waals surface area contributed by atoms with E-state index in [0.717, 1.165) is 24.2 Å². The van der Waals surface area contributed by atoms with Crippen molar-refractivity contribution in [3.8, 4) is 5.75 Å². The van der Waals surface area contributed by atoms with Crippen LogP contribution in [-0.4, -0.2) is 17.0 Å². The number of aryl methyl sites for hydroxylation is 2. The minimum atomic E-state index is -0.469. The molecule has 0 saturated heterocycles. The second-order valence-electron chi connectivity index (χ2n) is 6.23. The predicted octanol–water partition coefficient (Wildman–Crippen LogP) is 3.43. The van der Waals surface area contributed by atoms with Crippen LogP contribution >= 0.6 is 0 Å². The molecule has 0 bridgehead atoms. The van der Waals surface area contributed by atoms with Gasteiger partial charge in [0.25, 0.3) is 5.91 Å². The molecule has 1 aromatic carbocycles. The lowest BCUT2D eigenvalue weighted by Crippen LogP contribution is -2.37. The van der Waals surface area contributed by atoms with E-state index < -0.39 is 6.10 Å². The molecule has 1 N–H and O–H groups in total. The summed E-state index contributed by atoms with van der Waals surface area (Å²) in [6.07, 6.45) is 8.40. The average molecular weight is 324 g/mol. The van der Waals surface area contributed by atoms with E-state index in [1.807, 2.05) is 25.1 Å². The first-order valence-electron chi connectivity index (χ1n) is 8.71. The van der Waals surface area contributed by atoms with Crippen molar-refractivity contribution < 1.29 is 9.53 Å². The van der Waals surface area contributed by atoms with Gasteiger partial charge in [0.2, 0.25) is 0 Å². The lowest BCUT2D eigenvalue weighted by molar-refractivity contribution is -0.128. The largest absolute Gasteiger partial charge is 0.481 e. The number of nitrogens with one attached hydrogen (secondary N) is 1. The predicted molar refractivity (Wildman–Crippen MR) is 93.9 cm³/mol. The number of aromatic nitrogens is 1. The molecule has 126 valence electrons. The molecule has 1 aromatic heterocycles. The van der Waals surface area contributed by atoms with E-state index in [0.29, 0.717) is 13.0 Å². The summed E-state index contributed by atoms with van der Waals surface area (Å²) in [6, 6.07) is 10.0. The first-order valence-corrected chi connectivity index (χ1v) is 8.71. The maximum absolute atomic E-state index is 12.4. The fraction of sp³-hybridized carbons (Fsp3) is 0.400. The van der Waals surface area contributed by atoms with Gasteiger partial charge in [-0.05, 0) is 67.0 Å². The van der Waals surface area contributed by atoms with Crippen LogP contribution in [0, 0.1) is 0 Å². The molecule has 0 saturated carbocycles. The number of carbonyl (C=O) groups excluding carboxylic acids is 1. The summed E-state index contributed by atoms with van der Waals surface area (Å²) in [5, 5.41) is 2.93. The monoisotopic (exact) mass is 324 g/mol.